The number of nitrogens with one attached hydrogen (secondary N) is 2. The summed E-state index contributed by atoms with van der Waals surface area (Å²) in [7, 11) is 1.74. The lowest BCUT2D eigenvalue weighted by molar-refractivity contribution is -0.124. The lowest BCUT2D eigenvalue weighted by Crippen LogP contribution is -2.28. The number of thiol groups is 1. The maximum atomic E-state index is 12.1. The van der Waals surface area contributed by atoms with Crippen molar-refractivity contribution in [3.8, 4) is 0 Å². The van der Waals surface area contributed by atoms with Crippen molar-refractivity contribution in [3.05, 3.63) is 41.7 Å². The summed E-state index contributed by atoms with van der Waals surface area (Å²) in [4.78, 5) is 24.4. The second kappa shape index (κ2) is 9.89. The Morgan fingerprint density at radius 2 is 1.95 bits per heavy atom. The largest absolute Gasteiger partial charge is 0.342 e. The Balaban J connectivity index is 2.69. The van der Waals surface area contributed by atoms with Crippen LogP contribution in [-0.4, -0.2) is 36.6 Å². The normalized spacial score (nSPS) is 11.0. The van der Waals surface area contributed by atoms with E-state index < -0.39 is 0 Å². The van der Waals surface area contributed by atoms with Crippen molar-refractivity contribution in [1.82, 2.24) is 10.2 Å². The van der Waals surface area contributed by atoms with Crippen molar-refractivity contribution in [2.24, 2.45) is 0 Å². The minimum atomic E-state index is -0.164. The Bertz CT molecular complexity index is 515. The van der Waals surface area contributed by atoms with Gasteiger partial charge in [0.05, 0.1) is 0 Å². The smallest absolute Gasteiger partial charge is 0.249 e. The van der Waals surface area contributed by atoms with Gasteiger partial charge in [-0.15, -0.1) is 0 Å². The molecule has 0 radical (unpaired) electrons. The molecular weight excluding hydrogens is 298 g/mol. The molecule has 2 amide bonds. The zero-order chi connectivity index (χ0) is 16.4. The van der Waals surface area contributed by atoms with E-state index in [9.17, 15) is 9.59 Å². The predicted octanol–water partition coefficient (Wildman–Crippen LogP) is 2.16. The third kappa shape index (κ3) is 6.67. The molecule has 0 atom stereocenters. The second-order valence-electron chi connectivity index (χ2n) is 5.00. The van der Waals surface area contributed by atoms with Crippen LogP contribution in [0.15, 0.2) is 36.2 Å². The average molecular weight is 321 g/mol. The number of rotatable bonds is 9. The number of hydrogen-bond donors (Lipinski definition) is 3. The van der Waals surface area contributed by atoms with E-state index in [-0.39, 0.29) is 5.91 Å². The number of carbonyl (C=O) groups excluding carboxylic acids is 2. The van der Waals surface area contributed by atoms with Gasteiger partial charge in [-0.2, -0.15) is 12.6 Å². The first-order valence-corrected chi connectivity index (χ1v) is 7.81. The fourth-order valence-electron chi connectivity index (χ4n) is 1.77. The molecule has 0 aliphatic heterocycles. The first-order valence-electron chi connectivity index (χ1n) is 7.18. The molecule has 5 nitrogen and oxygen atoms in total. The molecule has 0 fully saturated rings. The van der Waals surface area contributed by atoms with Gasteiger partial charge in [0.1, 0.15) is 5.82 Å². The molecule has 1 aromatic carbocycles. The van der Waals surface area contributed by atoms with Gasteiger partial charge in [0, 0.05) is 25.4 Å². The van der Waals surface area contributed by atoms with Crippen LogP contribution in [0.5, 0.6) is 0 Å². The Morgan fingerprint density at radius 1 is 1.27 bits per heavy atom. The number of carbonyl (C=O) groups is 2. The van der Waals surface area contributed by atoms with Crippen molar-refractivity contribution < 1.29 is 9.59 Å². The molecule has 22 heavy (non-hydrogen) atoms. The van der Waals surface area contributed by atoms with E-state index in [4.69, 9.17) is 0 Å². The quantitative estimate of drug-likeness (QED) is 0.283. The minimum absolute atomic E-state index is 0.164. The topological polar surface area (TPSA) is 61.4 Å². The summed E-state index contributed by atoms with van der Waals surface area (Å²) in [6.07, 6.45) is 3.79. The van der Waals surface area contributed by atoms with Crippen LogP contribution in [0.2, 0.25) is 0 Å². The maximum Gasteiger partial charge on any atom is 0.249 e. The third-order valence-corrected chi connectivity index (χ3v) is 3.41. The third-order valence-electron chi connectivity index (χ3n) is 3.09. The Labute approximate surface area is 137 Å². The first-order chi connectivity index (χ1) is 10.6. The molecule has 0 aliphatic carbocycles. The molecule has 0 aromatic heterocycles. The highest BCUT2D eigenvalue weighted by Crippen LogP contribution is 2.10. The molecule has 0 spiro atoms. The van der Waals surface area contributed by atoms with E-state index in [1.165, 1.54) is 6.08 Å². The molecule has 120 valence electrons. The molecule has 1 rings (SSSR count). The summed E-state index contributed by atoms with van der Waals surface area (Å²) >= 11 is 4.15. The van der Waals surface area contributed by atoms with Gasteiger partial charge in [-0.3, -0.25) is 9.59 Å². The lowest BCUT2D eigenvalue weighted by Gasteiger charge is -2.16. The van der Waals surface area contributed by atoms with Gasteiger partial charge in [-0.1, -0.05) is 17.7 Å². The molecule has 0 unspecified atom stereocenters. The summed E-state index contributed by atoms with van der Waals surface area (Å²) in [6, 6.07) is 7.67. The van der Waals surface area contributed by atoms with E-state index in [1.54, 1.807) is 11.9 Å². The lowest BCUT2D eigenvalue weighted by atomic mass is 10.2. The van der Waals surface area contributed by atoms with Crippen LogP contribution >= 0.6 is 12.6 Å². The predicted molar refractivity (Wildman–Crippen MR) is 92.8 cm³/mol. The highest BCUT2D eigenvalue weighted by Gasteiger charge is 2.07. The average Bonchev–Trinajstić information content (AvgIpc) is 2.50. The summed E-state index contributed by atoms with van der Waals surface area (Å²) in [5.41, 5.74) is 1.94. The number of unbranched alkanes of at least 4 members (excludes halogenated alkanes) is 1. The van der Waals surface area contributed by atoms with E-state index in [2.05, 4.69) is 23.3 Å². The molecule has 0 heterocycles. The first kappa shape index (κ1) is 18.1. The van der Waals surface area contributed by atoms with Crippen LogP contribution < -0.4 is 10.6 Å². The van der Waals surface area contributed by atoms with E-state index in [0.29, 0.717) is 18.8 Å². The highest BCUT2D eigenvalue weighted by atomic mass is 32.1. The van der Waals surface area contributed by atoms with Crippen LogP contribution in [0, 0.1) is 6.92 Å². The van der Waals surface area contributed by atoms with Gasteiger partial charge < -0.3 is 15.5 Å². The Hall–Kier alpha value is -1.95. The molecule has 0 saturated heterocycles. The van der Waals surface area contributed by atoms with Crippen molar-refractivity contribution >= 4 is 30.6 Å². The molecular formula is C16H23N3O2S. The van der Waals surface area contributed by atoms with Crippen LogP contribution in [0.1, 0.15) is 18.4 Å². The summed E-state index contributed by atoms with van der Waals surface area (Å²) < 4.78 is 0. The molecule has 0 aliphatic rings. The summed E-state index contributed by atoms with van der Waals surface area (Å²) in [5.74, 6) is 0.998. The molecule has 1 aromatic rings. The van der Waals surface area contributed by atoms with E-state index in [1.807, 2.05) is 31.2 Å². The van der Waals surface area contributed by atoms with Crippen molar-refractivity contribution in [2.75, 3.05) is 24.7 Å². The van der Waals surface area contributed by atoms with Gasteiger partial charge >= 0.3 is 0 Å². The number of benzene rings is 1. The molecule has 6 heteroatoms. The van der Waals surface area contributed by atoms with Gasteiger partial charge in [-0.05, 0) is 37.7 Å². The van der Waals surface area contributed by atoms with E-state index in [0.717, 1.165) is 29.8 Å². The van der Waals surface area contributed by atoms with Crippen molar-refractivity contribution in [3.63, 3.8) is 0 Å². The van der Waals surface area contributed by atoms with Crippen molar-refractivity contribution in [1.29, 1.82) is 0 Å². The Morgan fingerprint density at radius 3 is 2.55 bits per heavy atom. The van der Waals surface area contributed by atoms with Crippen LogP contribution in [0.4, 0.5) is 5.69 Å². The number of aryl methyl sites for hydroxylation is 1. The molecule has 2 N–H and O–H groups in total. The second-order valence-corrected chi connectivity index (χ2v) is 5.45. The van der Waals surface area contributed by atoms with Gasteiger partial charge in [0.25, 0.3) is 0 Å². The van der Waals surface area contributed by atoms with Gasteiger partial charge in [-0.25, -0.2) is 0 Å². The zero-order valence-corrected chi connectivity index (χ0v) is 13.9. The minimum Gasteiger partial charge on any atom is -0.342 e. The highest BCUT2D eigenvalue weighted by molar-refractivity contribution is 7.80. The monoisotopic (exact) mass is 321 g/mol. The fourth-order valence-corrected chi connectivity index (χ4v) is 2.00. The number of nitrogens with zero attached hydrogens (tertiary/aromatic N) is 1. The van der Waals surface area contributed by atoms with Crippen LogP contribution in [0.3, 0.4) is 0 Å². The van der Waals surface area contributed by atoms with Crippen LogP contribution in [0.25, 0.3) is 0 Å². The summed E-state index contributed by atoms with van der Waals surface area (Å²) in [6.45, 7) is 2.66. The number of hydrogen-bond acceptors (Lipinski definition) is 4. The number of anilines is 1. The SMILES string of the molecule is Cc1ccc(N/C(=C/C(=O)N(C)CCCCS)NC=O)cc1. The molecule has 0 saturated carbocycles. The van der Waals surface area contributed by atoms with Crippen LogP contribution in [-0.2, 0) is 9.59 Å². The standard InChI is InChI=1S/C16H23N3O2S/c1-13-5-7-14(8-6-13)18-15(17-12-20)11-16(21)19(2)9-3-4-10-22/h5-8,11-12,18,22H,3-4,9-10H2,1-2H3,(H,17,20)/b15-11+. The fraction of sp³-hybridized carbons (Fsp3) is 0.375. The molecule has 0 bridgehead atoms. The van der Waals surface area contributed by atoms with Gasteiger partial charge in [0.15, 0.2) is 0 Å². The zero-order valence-electron chi connectivity index (χ0n) is 13.0. The maximum absolute atomic E-state index is 12.1. The number of amides is 2. The number of likely N-dealkylation sites (N-methyl/N-ethyl adjacent to an activating group) is 1. The van der Waals surface area contributed by atoms with E-state index >= 15 is 0 Å². The Kier molecular flexibility index (Phi) is 8.14. The summed E-state index contributed by atoms with van der Waals surface area (Å²) in [5, 5.41) is 5.53. The van der Waals surface area contributed by atoms with Crippen molar-refractivity contribution in [2.45, 2.75) is 19.8 Å². The van der Waals surface area contributed by atoms with Gasteiger partial charge in [0.2, 0.25) is 12.3 Å².